The Morgan fingerprint density at radius 3 is 2.32 bits per heavy atom. The maximum Gasteiger partial charge on any atom is 0.122 e. The van der Waals surface area contributed by atoms with Crippen molar-refractivity contribution in [3.05, 3.63) is 28.8 Å². The van der Waals surface area contributed by atoms with Crippen LogP contribution in [0.15, 0.2) is 12.1 Å². The highest BCUT2D eigenvalue weighted by molar-refractivity contribution is 5.43. The summed E-state index contributed by atoms with van der Waals surface area (Å²) in [6, 6.07) is 4.33. The van der Waals surface area contributed by atoms with Gasteiger partial charge in [0.15, 0.2) is 0 Å². The fourth-order valence-corrected chi connectivity index (χ4v) is 3.41. The molecule has 1 aliphatic heterocycles. The van der Waals surface area contributed by atoms with Crippen LogP contribution in [0.25, 0.3) is 0 Å². The van der Waals surface area contributed by atoms with Gasteiger partial charge in [-0.2, -0.15) is 0 Å². The summed E-state index contributed by atoms with van der Waals surface area (Å²) >= 11 is 0. The van der Waals surface area contributed by atoms with Gasteiger partial charge in [0.2, 0.25) is 0 Å². The molecule has 0 N–H and O–H groups in total. The summed E-state index contributed by atoms with van der Waals surface area (Å²) in [7, 11) is 1.75. The second-order valence-electron chi connectivity index (χ2n) is 6.32. The molecule has 2 nitrogen and oxygen atoms in total. The Labute approximate surface area is 117 Å². The van der Waals surface area contributed by atoms with Crippen LogP contribution in [0.5, 0.6) is 5.75 Å². The number of hydrogen-bond acceptors (Lipinski definition) is 2. The van der Waals surface area contributed by atoms with Gasteiger partial charge in [-0.15, -0.1) is 0 Å². The Kier molecular flexibility index (Phi) is 4.51. The summed E-state index contributed by atoms with van der Waals surface area (Å²) in [6.07, 6.45) is 1.37. The lowest BCUT2D eigenvalue weighted by atomic mass is 9.91. The van der Waals surface area contributed by atoms with Gasteiger partial charge in [0.1, 0.15) is 5.75 Å². The zero-order chi connectivity index (χ0) is 14.0. The van der Waals surface area contributed by atoms with Gasteiger partial charge < -0.3 is 4.74 Å². The highest BCUT2D eigenvalue weighted by atomic mass is 16.5. The SMILES string of the molecule is COc1ccc(CN2CC(C)CC(C)C2)c(C)c1C. The van der Waals surface area contributed by atoms with Crippen molar-refractivity contribution in [1.82, 2.24) is 4.90 Å². The molecule has 1 aliphatic rings. The molecule has 0 spiro atoms. The topological polar surface area (TPSA) is 12.5 Å². The van der Waals surface area contributed by atoms with Crippen LogP contribution in [0, 0.1) is 25.7 Å². The zero-order valence-corrected chi connectivity index (χ0v) is 13.0. The monoisotopic (exact) mass is 261 g/mol. The minimum Gasteiger partial charge on any atom is -0.496 e. The van der Waals surface area contributed by atoms with Gasteiger partial charge in [-0.05, 0) is 54.9 Å². The summed E-state index contributed by atoms with van der Waals surface area (Å²) in [5.41, 5.74) is 4.10. The van der Waals surface area contributed by atoms with Crippen LogP contribution in [-0.2, 0) is 6.54 Å². The van der Waals surface area contributed by atoms with Gasteiger partial charge in [-0.3, -0.25) is 4.90 Å². The number of likely N-dealkylation sites (tertiary alicyclic amines) is 1. The first-order valence-corrected chi connectivity index (χ1v) is 7.36. The molecule has 0 aromatic heterocycles. The molecule has 0 amide bonds. The largest absolute Gasteiger partial charge is 0.496 e. The smallest absolute Gasteiger partial charge is 0.122 e. The zero-order valence-electron chi connectivity index (χ0n) is 13.0. The van der Waals surface area contributed by atoms with Crippen LogP contribution in [0.4, 0.5) is 0 Å². The molecule has 19 heavy (non-hydrogen) atoms. The molecular weight excluding hydrogens is 234 g/mol. The first-order chi connectivity index (χ1) is 9.01. The Hall–Kier alpha value is -1.02. The molecule has 2 rings (SSSR count). The fraction of sp³-hybridized carbons (Fsp3) is 0.647. The van der Waals surface area contributed by atoms with Crippen LogP contribution >= 0.6 is 0 Å². The highest BCUT2D eigenvalue weighted by Gasteiger charge is 2.22. The van der Waals surface area contributed by atoms with E-state index < -0.39 is 0 Å². The minimum atomic E-state index is 0.823. The number of nitrogens with zero attached hydrogens (tertiary/aromatic N) is 1. The standard InChI is InChI=1S/C17H27NO/c1-12-8-13(2)10-18(9-12)11-16-6-7-17(19-5)15(4)14(16)3/h6-7,12-13H,8-11H2,1-5H3. The molecule has 0 saturated carbocycles. The molecule has 2 unspecified atom stereocenters. The van der Waals surface area contributed by atoms with E-state index in [1.54, 1.807) is 7.11 Å². The number of methoxy groups -OCH3 is 1. The Balaban J connectivity index is 2.13. The maximum absolute atomic E-state index is 5.39. The lowest BCUT2D eigenvalue weighted by Crippen LogP contribution is -2.38. The molecule has 0 aliphatic carbocycles. The number of piperidine rings is 1. The van der Waals surface area contributed by atoms with E-state index in [2.05, 4.69) is 44.7 Å². The first-order valence-electron chi connectivity index (χ1n) is 7.36. The maximum atomic E-state index is 5.39. The van der Waals surface area contributed by atoms with Gasteiger partial charge >= 0.3 is 0 Å². The lowest BCUT2D eigenvalue weighted by Gasteiger charge is -2.35. The lowest BCUT2D eigenvalue weighted by molar-refractivity contribution is 0.134. The van der Waals surface area contributed by atoms with Crippen LogP contribution < -0.4 is 4.74 Å². The van der Waals surface area contributed by atoms with Crippen LogP contribution in [0.2, 0.25) is 0 Å². The number of hydrogen-bond donors (Lipinski definition) is 0. The average molecular weight is 261 g/mol. The highest BCUT2D eigenvalue weighted by Crippen LogP contribution is 2.27. The van der Waals surface area contributed by atoms with E-state index in [4.69, 9.17) is 4.74 Å². The molecule has 0 radical (unpaired) electrons. The molecule has 1 fully saturated rings. The summed E-state index contributed by atoms with van der Waals surface area (Å²) in [6.45, 7) is 12.6. The summed E-state index contributed by atoms with van der Waals surface area (Å²) in [5, 5.41) is 0. The average Bonchev–Trinajstić information content (AvgIpc) is 2.34. The molecule has 1 aromatic carbocycles. The summed E-state index contributed by atoms with van der Waals surface area (Å²) < 4.78 is 5.39. The van der Waals surface area contributed by atoms with Crippen LogP contribution in [-0.4, -0.2) is 25.1 Å². The van der Waals surface area contributed by atoms with Gasteiger partial charge in [0, 0.05) is 19.6 Å². The van der Waals surface area contributed by atoms with Crippen molar-refractivity contribution in [2.24, 2.45) is 11.8 Å². The molecule has 2 heteroatoms. The second kappa shape index (κ2) is 5.96. The Morgan fingerprint density at radius 1 is 1.11 bits per heavy atom. The third kappa shape index (κ3) is 3.30. The third-order valence-corrected chi connectivity index (χ3v) is 4.41. The molecule has 1 saturated heterocycles. The van der Waals surface area contributed by atoms with Gasteiger partial charge in [0.05, 0.1) is 7.11 Å². The Bertz CT molecular complexity index is 431. The Morgan fingerprint density at radius 2 is 1.74 bits per heavy atom. The summed E-state index contributed by atoms with van der Waals surface area (Å²) in [5.74, 6) is 2.65. The van der Waals surface area contributed by atoms with E-state index in [0.29, 0.717) is 0 Å². The van der Waals surface area contributed by atoms with Crippen LogP contribution in [0.1, 0.15) is 37.0 Å². The van der Waals surface area contributed by atoms with Crippen molar-refractivity contribution in [3.8, 4) is 5.75 Å². The van der Waals surface area contributed by atoms with E-state index >= 15 is 0 Å². The van der Waals surface area contributed by atoms with E-state index in [9.17, 15) is 0 Å². The molecule has 2 atom stereocenters. The third-order valence-electron chi connectivity index (χ3n) is 4.41. The molecule has 0 bridgehead atoms. The normalized spacial score (nSPS) is 24.5. The van der Waals surface area contributed by atoms with Gasteiger partial charge in [-0.1, -0.05) is 19.9 Å². The quantitative estimate of drug-likeness (QED) is 0.821. The van der Waals surface area contributed by atoms with Crippen molar-refractivity contribution < 1.29 is 4.74 Å². The molecule has 1 aromatic rings. The molecular formula is C17H27NO. The number of benzene rings is 1. The number of ether oxygens (including phenoxy) is 1. The minimum absolute atomic E-state index is 0.823. The van der Waals surface area contributed by atoms with Crippen molar-refractivity contribution >= 4 is 0 Å². The van der Waals surface area contributed by atoms with E-state index in [0.717, 1.165) is 24.1 Å². The first kappa shape index (κ1) is 14.4. The van der Waals surface area contributed by atoms with E-state index in [-0.39, 0.29) is 0 Å². The predicted octanol–water partition coefficient (Wildman–Crippen LogP) is 3.79. The van der Waals surface area contributed by atoms with Crippen LogP contribution in [0.3, 0.4) is 0 Å². The van der Waals surface area contributed by atoms with Gasteiger partial charge in [0.25, 0.3) is 0 Å². The van der Waals surface area contributed by atoms with E-state index in [1.165, 1.54) is 36.2 Å². The fourth-order valence-electron chi connectivity index (χ4n) is 3.41. The second-order valence-corrected chi connectivity index (χ2v) is 6.32. The summed E-state index contributed by atoms with van der Waals surface area (Å²) in [4.78, 5) is 2.60. The van der Waals surface area contributed by atoms with Crippen molar-refractivity contribution in [1.29, 1.82) is 0 Å². The van der Waals surface area contributed by atoms with Crippen molar-refractivity contribution in [2.75, 3.05) is 20.2 Å². The van der Waals surface area contributed by atoms with Crippen molar-refractivity contribution in [2.45, 2.75) is 40.7 Å². The molecule has 1 heterocycles. The number of rotatable bonds is 3. The predicted molar refractivity (Wildman–Crippen MR) is 80.7 cm³/mol. The molecule has 106 valence electrons. The van der Waals surface area contributed by atoms with Gasteiger partial charge in [-0.25, -0.2) is 0 Å². The van der Waals surface area contributed by atoms with Crippen molar-refractivity contribution in [3.63, 3.8) is 0 Å². The van der Waals surface area contributed by atoms with E-state index in [1.807, 2.05) is 0 Å².